The van der Waals surface area contributed by atoms with Crippen LogP contribution in [0.1, 0.15) is 19.8 Å². The lowest BCUT2D eigenvalue weighted by Gasteiger charge is -2.31. The van der Waals surface area contributed by atoms with Crippen LogP contribution in [0.5, 0.6) is 0 Å². The molecule has 1 atom stereocenters. The highest BCUT2D eigenvalue weighted by molar-refractivity contribution is 6.01. The van der Waals surface area contributed by atoms with Crippen molar-refractivity contribution in [2.45, 2.75) is 26.3 Å². The van der Waals surface area contributed by atoms with E-state index in [9.17, 15) is 14.4 Å². The molecule has 1 aliphatic rings. The second kappa shape index (κ2) is 7.46. The van der Waals surface area contributed by atoms with Crippen LogP contribution in [0.3, 0.4) is 0 Å². The SMILES string of the molecule is CCOC(=O)C1CCCN(C(=O)Cn2cnc3c(oc4ccccc43)c2=O)C1. The molecule has 8 nitrogen and oxygen atoms in total. The van der Waals surface area contributed by atoms with Crippen molar-refractivity contribution in [2.24, 2.45) is 5.92 Å². The molecule has 8 heteroatoms. The molecule has 2 aromatic heterocycles. The van der Waals surface area contributed by atoms with Crippen molar-refractivity contribution in [1.82, 2.24) is 14.5 Å². The maximum atomic E-state index is 12.8. The molecule has 0 radical (unpaired) electrons. The number of hydrogen-bond acceptors (Lipinski definition) is 6. The standard InChI is InChI=1S/C20H21N3O5/c1-2-27-20(26)13-6-5-9-22(10-13)16(24)11-23-12-21-17-14-7-3-4-8-15(14)28-18(17)19(23)25/h3-4,7-8,12-13H,2,5-6,9-11H2,1H3. The lowest BCUT2D eigenvalue weighted by Crippen LogP contribution is -2.45. The zero-order chi connectivity index (χ0) is 19.7. The maximum Gasteiger partial charge on any atom is 0.310 e. The number of piperidine rings is 1. The molecule has 1 aromatic carbocycles. The Morgan fingerprint density at radius 1 is 1.32 bits per heavy atom. The number of furan rings is 1. The highest BCUT2D eigenvalue weighted by Crippen LogP contribution is 2.24. The molecule has 1 fully saturated rings. The van der Waals surface area contributed by atoms with Crippen molar-refractivity contribution in [2.75, 3.05) is 19.7 Å². The summed E-state index contributed by atoms with van der Waals surface area (Å²) in [5.74, 6) is -0.818. The van der Waals surface area contributed by atoms with Gasteiger partial charge in [0.2, 0.25) is 11.5 Å². The molecular formula is C20H21N3O5. The van der Waals surface area contributed by atoms with Gasteiger partial charge in [0.25, 0.3) is 5.56 Å². The molecule has 1 aliphatic heterocycles. The lowest BCUT2D eigenvalue weighted by molar-refractivity contribution is -0.151. The average Bonchev–Trinajstić information content (AvgIpc) is 3.10. The number of aromatic nitrogens is 2. The van der Waals surface area contributed by atoms with Crippen LogP contribution in [0.25, 0.3) is 22.1 Å². The number of likely N-dealkylation sites (tertiary alicyclic amines) is 1. The van der Waals surface area contributed by atoms with E-state index in [1.54, 1.807) is 17.9 Å². The van der Waals surface area contributed by atoms with Gasteiger partial charge in [-0.25, -0.2) is 4.98 Å². The molecular weight excluding hydrogens is 362 g/mol. The molecule has 0 spiro atoms. The Morgan fingerprint density at radius 3 is 2.96 bits per heavy atom. The minimum absolute atomic E-state index is 0.138. The number of rotatable bonds is 4. The van der Waals surface area contributed by atoms with Crippen molar-refractivity contribution < 1.29 is 18.7 Å². The van der Waals surface area contributed by atoms with Crippen LogP contribution in [0.15, 0.2) is 39.8 Å². The fourth-order valence-electron chi connectivity index (χ4n) is 3.63. The third kappa shape index (κ3) is 3.26. The molecule has 1 amide bonds. The number of nitrogens with zero attached hydrogens (tertiary/aromatic N) is 3. The summed E-state index contributed by atoms with van der Waals surface area (Å²) in [6.45, 7) is 2.81. The summed E-state index contributed by atoms with van der Waals surface area (Å²) < 4.78 is 12.0. The van der Waals surface area contributed by atoms with Gasteiger partial charge in [0.05, 0.1) is 18.9 Å². The van der Waals surface area contributed by atoms with E-state index in [1.165, 1.54) is 10.9 Å². The number of amides is 1. The van der Waals surface area contributed by atoms with Crippen LogP contribution in [0.2, 0.25) is 0 Å². The Kier molecular flexibility index (Phi) is 4.85. The minimum Gasteiger partial charge on any atom is -0.466 e. The lowest BCUT2D eigenvalue weighted by atomic mass is 9.98. The van der Waals surface area contributed by atoms with Crippen molar-refractivity contribution >= 4 is 33.9 Å². The van der Waals surface area contributed by atoms with E-state index in [0.717, 1.165) is 11.8 Å². The fraction of sp³-hybridized carbons (Fsp3) is 0.400. The van der Waals surface area contributed by atoms with Crippen LogP contribution < -0.4 is 5.56 Å². The van der Waals surface area contributed by atoms with E-state index < -0.39 is 5.56 Å². The van der Waals surface area contributed by atoms with E-state index in [0.29, 0.717) is 37.2 Å². The number of para-hydroxylation sites is 1. The summed E-state index contributed by atoms with van der Waals surface area (Å²) >= 11 is 0. The number of carbonyl (C=O) groups is 2. The van der Waals surface area contributed by atoms with Crippen LogP contribution >= 0.6 is 0 Å². The van der Waals surface area contributed by atoms with Gasteiger partial charge in [-0.15, -0.1) is 0 Å². The summed E-state index contributed by atoms with van der Waals surface area (Å²) in [5.41, 5.74) is 0.817. The molecule has 4 rings (SSSR count). The van der Waals surface area contributed by atoms with Gasteiger partial charge < -0.3 is 14.1 Å². The first-order chi connectivity index (χ1) is 13.6. The second-order valence-electron chi connectivity index (χ2n) is 6.88. The Bertz CT molecular complexity index is 1100. The predicted octanol–water partition coefficient (Wildman–Crippen LogP) is 1.94. The van der Waals surface area contributed by atoms with Crippen LogP contribution in [-0.2, 0) is 20.9 Å². The monoisotopic (exact) mass is 383 g/mol. The zero-order valence-electron chi connectivity index (χ0n) is 15.6. The molecule has 146 valence electrons. The summed E-state index contributed by atoms with van der Waals surface area (Å²) in [6, 6.07) is 7.29. The molecule has 0 aliphatic carbocycles. The highest BCUT2D eigenvalue weighted by atomic mass is 16.5. The van der Waals surface area contributed by atoms with Crippen LogP contribution in [0, 0.1) is 5.92 Å². The quantitative estimate of drug-likeness (QED) is 0.639. The van der Waals surface area contributed by atoms with Crippen molar-refractivity contribution in [3.63, 3.8) is 0 Å². The first-order valence-corrected chi connectivity index (χ1v) is 9.39. The third-order valence-electron chi connectivity index (χ3n) is 5.05. The van der Waals surface area contributed by atoms with Gasteiger partial charge in [-0.3, -0.25) is 19.0 Å². The van der Waals surface area contributed by atoms with Gasteiger partial charge in [-0.1, -0.05) is 12.1 Å². The zero-order valence-corrected chi connectivity index (χ0v) is 15.6. The van der Waals surface area contributed by atoms with Crippen molar-refractivity contribution in [1.29, 1.82) is 0 Å². The van der Waals surface area contributed by atoms with E-state index in [1.807, 2.05) is 18.2 Å². The molecule has 28 heavy (non-hydrogen) atoms. The van der Waals surface area contributed by atoms with E-state index >= 15 is 0 Å². The number of benzene rings is 1. The molecule has 0 N–H and O–H groups in total. The van der Waals surface area contributed by atoms with Gasteiger partial charge in [0, 0.05) is 18.5 Å². The van der Waals surface area contributed by atoms with Gasteiger partial charge in [0.15, 0.2) is 0 Å². The second-order valence-corrected chi connectivity index (χ2v) is 6.88. The van der Waals surface area contributed by atoms with Crippen molar-refractivity contribution in [3.8, 4) is 0 Å². The average molecular weight is 383 g/mol. The van der Waals surface area contributed by atoms with Crippen molar-refractivity contribution in [3.05, 3.63) is 40.9 Å². The van der Waals surface area contributed by atoms with E-state index in [-0.39, 0.29) is 29.9 Å². The molecule has 0 saturated carbocycles. The largest absolute Gasteiger partial charge is 0.466 e. The maximum absolute atomic E-state index is 12.8. The van der Waals surface area contributed by atoms with Gasteiger partial charge in [0.1, 0.15) is 17.6 Å². The van der Waals surface area contributed by atoms with Gasteiger partial charge in [-0.2, -0.15) is 0 Å². The summed E-state index contributed by atoms with van der Waals surface area (Å²) in [7, 11) is 0. The third-order valence-corrected chi connectivity index (χ3v) is 5.05. The van der Waals surface area contributed by atoms with E-state index in [4.69, 9.17) is 9.15 Å². The summed E-state index contributed by atoms with van der Waals surface area (Å²) in [5, 5.41) is 0.765. The van der Waals surface area contributed by atoms with Gasteiger partial charge in [-0.05, 0) is 31.9 Å². The summed E-state index contributed by atoms with van der Waals surface area (Å²) in [4.78, 5) is 43.4. The molecule has 3 aromatic rings. The van der Waals surface area contributed by atoms with Gasteiger partial charge >= 0.3 is 5.97 Å². The molecule has 0 bridgehead atoms. The molecule has 1 saturated heterocycles. The number of esters is 1. The first kappa shape index (κ1) is 18.2. The fourth-order valence-corrected chi connectivity index (χ4v) is 3.63. The first-order valence-electron chi connectivity index (χ1n) is 9.39. The molecule has 1 unspecified atom stereocenters. The normalized spacial score (nSPS) is 17.2. The summed E-state index contributed by atoms with van der Waals surface area (Å²) in [6.07, 6.45) is 2.80. The number of fused-ring (bicyclic) bond motifs is 3. The number of carbonyl (C=O) groups excluding carboxylic acids is 2. The topological polar surface area (TPSA) is 94.6 Å². The Hall–Kier alpha value is -3.16. The Balaban J connectivity index is 1.55. The van der Waals surface area contributed by atoms with Crippen LogP contribution in [0.4, 0.5) is 0 Å². The molecule has 3 heterocycles. The Labute approximate surface area is 160 Å². The number of hydrogen-bond donors (Lipinski definition) is 0. The predicted molar refractivity (Wildman–Crippen MR) is 102 cm³/mol. The Morgan fingerprint density at radius 2 is 2.14 bits per heavy atom. The minimum atomic E-state index is -0.395. The highest BCUT2D eigenvalue weighted by Gasteiger charge is 2.29. The number of ether oxygens (including phenoxy) is 1. The van der Waals surface area contributed by atoms with Crippen LogP contribution in [-0.4, -0.2) is 46.0 Å². The smallest absolute Gasteiger partial charge is 0.310 e. The van der Waals surface area contributed by atoms with E-state index in [2.05, 4.69) is 4.98 Å².